The molecule has 0 aliphatic carbocycles. The highest BCUT2D eigenvalue weighted by molar-refractivity contribution is 6.39. The Labute approximate surface area is 223 Å². The number of amides is 4. The summed E-state index contributed by atoms with van der Waals surface area (Å²) in [7, 11) is 0. The number of carbonyl (C=O) groups excluding carboxylic acids is 4. The Balaban J connectivity index is 1.90. The largest absolute Gasteiger partial charge is 0.393 e. The van der Waals surface area contributed by atoms with Crippen LogP contribution in [0.2, 0.25) is 10.0 Å². The molecule has 14 heteroatoms. The van der Waals surface area contributed by atoms with Gasteiger partial charge in [0.25, 0.3) is 11.8 Å². The molecule has 196 valence electrons. The van der Waals surface area contributed by atoms with Crippen molar-refractivity contribution < 1.29 is 19.2 Å². The van der Waals surface area contributed by atoms with Crippen molar-refractivity contribution in [2.45, 2.75) is 37.2 Å². The maximum atomic E-state index is 12.6. The number of rotatable bonds is 9. The number of alkyl halides is 1. The van der Waals surface area contributed by atoms with E-state index in [2.05, 4.69) is 16.0 Å². The van der Waals surface area contributed by atoms with Gasteiger partial charge in [-0.25, -0.2) is 0 Å². The number of hydrogen-bond acceptors (Lipinski definition) is 7. The van der Waals surface area contributed by atoms with Gasteiger partial charge in [0.1, 0.15) is 11.7 Å². The van der Waals surface area contributed by atoms with Crippen LogP contribution in [-0.2, 0) is 14.4 Å². The highest BCUT2D eigenvalue weighted by Crippen LogP contribution is 2.24. The van der Waals surface area contributed by atoms with Gasteiger partial charge in [0.2, 0.25) is 11.8 Å². The van der Waals surface area contributed by atoms with E-state index in [9.17, 15) is 19.2 Å². The van der Waals surface area contributed by atoms with Crippen LogP contribution in [0, 0.1) is 5.41 Å². The van der Waals surface area contributed by atoms with E-state index in [4.69, 9.17) is 51.7 Å². The van der Waals surface area contributed by atoms with Gasteiger partial charge in [0, 0.05) is 25.3 Å². The average molecular weight is 561 g/mol. The molecule has 1 unspecified atom stereocenters. The van der Waals surface area contributed by atoms with E-state index in [1.165, 1.54) is 12.1 Å². The fourth-order valence-electron chi connectivity index (χ4n) is 3.34. The number of nitrogens with one attached hydrogen (secondary N) is 4. The molecule has 11 nitrogen and oxygen atoms in total. The van der Waals surface area contributed by atoms with Crippen LogP contribution in [0.25, 0.3) is 0 Å². The van der Waals surface area contributed by atoms with Crippen molar-refractivity contribution >= 4 is 64.6 Å². The predicted molar refractivity (Wildman–Crippen MR) is 138 cm³/mol. The Morgan fingerprint density at radius 2 is 1.78 bits per heavy atom. The van der Waals surface area contributed by atoms with Gasteiger partial charge < -0.3 is 37.7 Å². The maximum Gasteiger partial charge on any atom is 0.269 e. The summed E-state index contributed by atoms with van der Waals surface area (Å²) in [5.41, 5.74) is 10.9. The zero-order valence-electron chi connectivity index (χ0n) is 19.4. The molecule has 8 N–H and O–H groups in total. The van der Waals surface area contributed by atoms with E-state index in [0.717, 1.165) is 6.21 Å². The van der Waals surface area contributed by atoms with E-state index >= 15 is 0 Å². The van der Waals surface area contributed by atoms with Crippen molar-refractivity contribution in [3.63, 3.8) is 0 Å². The lowest BCUT2D eigenvalue weighted by molar-refractivity contribution is -0.134. The smallest absolute Gasteiger partial charge is 0.269 e. The van der Waals surface area contributed by atoms with Gasteiger partial charge in [-0.1, -0.05) is 29.3 Å². The SMILES string of the molecule is CC(Cl)[C@H](N)C(=O)NCC(=O)N1CCC(NC(=O)/C(N)=C(/C=N)NC(=O)c2c(Cl)cccc2Cl)CC1. The molecule has 1 aromatic carbocycles. The lowest BCUT2D eigenvalue weighted by Crippen LogP contribution is -2.52. The van der Waals surface area contributed by atoms with Gasteiger partial charge in [-0.2, -0.15) is 0 Å². The predicted octanol–water partition coefficient (Wildman–Crippen LogP) is 0.721. The normalized spacial score (nSPS) is 16.3. The third kappa shape index (κ3) is 7.82. The van der Waals surface area contributed by atoms with Crippen LogP contribution in [0.1, 0.15) is 30.1 Å². The van der Waals surface area contributed by atoms with Crippen LogP contribution in [0.4, 0.5) is 0 Å². The van der Waals surface area contributed by atoms with Crippen molar-refractivity contribution in [1.82, 2.24) is 20.9 Å². The summed E-state index contributed by atoms with van der Waals surface area (Å²) < 4.78 is 0. The van der Waals surface area contributed by atoms with Crippen molar-refractivity contribution in [2.75, 3.05) is 19.6 Å². The number of allylic oxidation sites excluding steroid dienone is 1. The first-order valence-electron chi connectivity index (χ1n) is 11.0. The van der Waals surface area contributed by atoms with Gasteiger partial charge in [0.05, 0.1) is 33.2 Å². The first-order chi connectivity index (χ1) is 17.0. The zero-order valence-corrected chi connectivity index (χ0v) is 21.7. The Bertz CT molecular complexity index is 1040. The quantitative estimate of drug-likeness (QED) is 0.147. The molecule has 0 radical (unpaired) electrons. The van der Waals surface area contributed by atoms with Crippen LogP contribution in [0.5, 0.6) is 0 Å². The minimum absolute atomic E-state index is 0.0132. The molecular weight excluding hydrogens is 533 g/mol. The van der Waals surface area contributed by atoms with E-state index in [0.29, 0.717) is 25.9 Å². The maximum absolute atomic E-state index is 12.6. The van der Waals surface area contributed by atoms with Crippen molar-refractivity contribution in [3.05, 3.63) is 45.2 Å². The molecule has 4 amide bonds. The molecule has 1 saturated heterocycles. The lowest BCUT2D eigenvalue weighted by Gasteiger charge is -2.32. The second kappa shape index (κ2) is 13.4. The highest BCUT2D eigenvalue weighted by atomic mass is 35.5. The van der Waals surface area contributed by atoms with Crippen molar-refractivity contribution in [3.8, 4) is 0 Å². The van der Waals surface area contributed by atoms with E-state index in [-0.39, 0.29) is 45.5 Å². The van der Waals surface area contributed by atoms with E-state index in [1.807, 2.05) is 0 Å². The minimum atomic E-state index is -0.920. The summed E-state index contributed by atoms with van der Waals surface area (Å²) in [6.45, 7) is 2.07. The van der Waals surface area contributed by atoms with Crippen LogP contribution in [0.3, 0.4) is 0 Å². The van der Waals surface area contributed by atoms with Crippen molar-refractivity contribution in [1.29, 1.82) is 5.41 Å². The number of hydrogen-bond donors (Lipinski definition) is 6. The van der Waals surface area contributed by atoms with Gasteiger partial charge in [-0.3, -0.25) is 19.2 Å². The summed E-state index contributed by atoms with van der Waals surface area (Å²) in [5, 5.41) is 14.8. The molecule has 1 fully saturated rings. The summed E-state index contributed by atoms with van der Waals surface area (Å²) in [6, 6.07) is 3.32. The van der Waals surface area contributed by atoms with Gasteiger partial charge in [0.15, 0.2) is 0 Å². The molecule has 0 spiro atoms. The van der Waals surface area contributed by atoms with Crippen LogP contribution < -0.4 is 27.4 Å². The Morgan fingerprint density at radius 3 is 2.31 bits per heavy atom. The number of benzene rings is 1. The molecule has 2 atom stereocenters. The molecule has 1 heterocycles. The average Bonchev–Trinajstić information content (AvgIpc) is 2.84. The van der Waals surface area contributed by atoms with Gasteiger partial charge in [-0.05, 0) is 31.9 Å². The Morgan fingerprint density at radius 1 is 1.19 bits per heavy atom. The van der Waals surface area contributed by atoms with E-state index in [1.54, 1.807) is 17.9 Å². The fraction of sp³-hybridized carbons (Fsp3) is 0.409. The lowest BCUT2D eigenvalue weighted by atomic mass is 10.0. The van der Waals surface area contributed by atoms with Crippen molar-refractivity contribution in [2.24, 2.45) is 11.5 Å². The molecular formula is C22H28Cl3N7O4. The Kier molecular flexibility index (Phi) is 11.0. The summed E-state index contributed by atoms with van der Waals surface area (Å²) in [6.07, 6.45) is 1.63. The molecule has 1 aliphatic heterocycles. The summed E-state index contributed by atoms with van der Waals surface area (Å²) in [4.78, 5) is 51.0. The zero-order chi connectivity index (χ0) is 27.0. The minimum Gasteiger partial charge on any atom is -0.393 e. The van der Waals surface area contributed by atoms with Crippen LogP contribution in [0.15, 0.2) is 29.6 Å². The summed E-state index contributed by atoms with van der Waals surface area (Å²) in [5.74, 6) is -2.20. The second-order valence-corrected chi connectivity index (χ2v) is 9.57. The molecule has 1 aromatic rings. The molecule has 0 saturated carbocycles. The molecule has 1 aliphatic rings. The number of nitrogens with zero attached hydrogens (tertiary/aromatic N) is 1. The van der Waals surface area contributed by atoms with Gasteiger partial charge >= 0.3 is 0 Å². The summed E-state index contributed by atoms with van der Waals surface area (Å²) >= 11 is 17.8. The third-order valence-electron chi connectivity index (χ3n) is 5.51. The fourth-order valence-corrected chi connectivity index (χ4v) is 4.02. The number of nitrogens with two attached hydrogens (primary N) is 2. The number of carbonyl (C=O) groups is 4. The molecule has 0 aromatic heterocycles. The Hall–Kier alpha value is -2.86. The number of halogens is 3. The monoisotopic (exact) mass is 559 g/mol. The molecule has 0 bridgehead atoms. The molecule has 2 rings (SSSR count). The van der Waals surface area contributed by atoms with Crippen LogP contribution in [-0.4, -0.2) is 71.8 Å². The molecule has 36 heavy (non-hydrogen) atoms. The number of likely N-dealkylation sites (tertiary alicyclic amines) is 1. The van der Waals surface area contributed by atoms with Crippen LogP contribution >= 0.6 is 34.8 Å². The first-order valence-corrected chi connectivity index (χ1v) is 12.2. The topological polar surface area (TPSA) is 184 Å². The van der Waals surface area contributed by atoms with E-state index < -0.39 is 29.1 Å². The van der Waals surface area contributed by atoms with Gasteiger partial charge in [-0.15, -0.1) is 11.6 Å². The first kappa shape index (κ1) is 29.4. The third-order valence-corrected chi connectivity index (χ3v) is 6.41. The standard InChI is InChI=1S/C22H28Cl3N7O4/c1-11(23)18(27)21(35)29-10-16(33)32-7-5-12(6-8-32)30-22(36)19(28)15(9-26)31-20(34)17-13(24)3-2-4-14(17)25/h2-4,9,11-12,18,26H,5-8,10,27-28H2,1H3,(H,29,35)(H,30,36)(H,31,34)/b19-15+,26-9?/t11?,18-/m0/s1. The highest BCUT2D eigenvalue weighted by Gasteiger charge is 2.26. The number of piperidine rings is 1. The second-order valence-electron chi connectivity index (χ2n) is 8.07.